The van der Waals surface area contributed by atoms with Gasteiger partial charge in [-0.1, -0.05) is 12.2 Å². The average molecular weight is 121 g/mol. The van der Waals surface area contributed by atoms with Crippen LogP contribution in [0, 0.1) is 0 Å². The molecule has 0 aromatic heterocycles. The van der Waals surface area contributed by atoms with Crippen molar-refractivity contribution >= 4 is 0 Å². The summed E-state index contributed by atoms with van der Waals surface area (Å²) in [6.45, 7) is 1.17. The molecule has 0 aromatic carbocycles. The Kier molecular flexibility index (Phi) is 1.08. The molecular formula is C8H11N. The Morgan fingerprint density at radius 1 is 1.33 bits per heavy atom. The predicted molar refractivity (Wildman–Crippen MR) is 38.0 cm³/mol. The van der Waals surface area contributed by atoms with Gasteiger partial charge in [0.15, 0.2) is 0 Å². The summed E-state index contributed by atoms with van der Waals surface area (Å²) in [5.74, 6) is 0. The standard InChI is InChI=1S/C8H11N/c1-3-7-4-2-6-9-8(7)5-1/h3,5,9H,1-2,4,6H2. The third-order valence-corrected chi connectivity index (χ3v) is 1.97. The molecule has 9 heavy (non-hydrogen) atoms. The first-order chi connectivity index (χ1) is 4.47. The highest BCUT2D eigenvalue weighted by atomic mass is 14.9. The minimum absolute atomic E-state index is 1.15. The van der Waals surface area contributed by atoms with Crippen molar-refractivity contribution in [2.45, 2.75) is 19.3 Å². The van der Waals surface area contributed by atoms with Crippen LogP contribution in [0.15, 0.2) is 23.4 Å². The summed E-state index contributed by atoms with van der Waals surface area (Å²) in [5, 5.41) is 3.37. The summed E-state index contributed by atoms with van der Waals surface area (Å²) < 4.78 is 0. The molecule has 1 saturated heterocycles. The van der Waals surface area contributed by atoms with Crippen molar-refractivity contribution < 1.29 is 0 Å². The molecule has 1 N–H and O–H groups in total. The highest BCUT2D eigenvalue weighted by Gasteiger charge is 2.12. The van der Waals surface area contributed by atoms with Gasteiger partial charge in [-0.25, -0.2) is 0 Å². The highest BCUT2D eigenvalue weighted by Crippen LogP contribution is 2.24. The maximum absolute atomic E-state index is 3.37. The third kappa shape index (κ3) is 0.766. The molecule has 1 heteroatoms. The van der Waals surface area contributed by atoms with Crippen molar-refractivity contribution in [2.75, 3.05) is 6.54 Å². The van der Waals surface area contributed by atoms with Crippen molar-refractivity contribution in [3.8, 4) is 0 Å². The van der Waals surface area contributed by atoms with Crippen molar-refractivity contribution in [3.63, 3.8) is 0 Å². The van der Waals surface area contributed by atoms with Crippen LogP contribution < -0.4 is 5.32 Å². The topological polar surface area (TPSA) is 12.0 Å². The van der Waals surface area contributed by atoms with E-state index in [1.807, 2.05) is 0 Å². The van der Waals surface area contributed by atoms with Crippen LogP contribution in [-0.4, -0.2) is 6.54 Å². The SMILES string of the molecule is C1=C2CCCNC2=CC1. The second kappa shape index (κ2) is 1.90. The van der Waals surface area contributed by atoms with E-state index < -0.39 is 0 Å². The normalized spacial score (nSPS) is 24.0. The number of nitrogens with one attached hydrogen (secondary N) is 1. The van der Waals surface area contributed by atoms with Gasteiger partial charge < -0.3 is 5.32 Å². The summed E-state index contributed by atoms with van der Waals surface area (Å²) in [6, 6.07) is 0. The number of rotatable bonds is 0. The first-order valence-corrected chi connectivity index (χ1v) is 3.60. The number of piperidine rings is 1. The van der Waals surface area contributed by atoms with Crippen LogP contribution in [0.1, 0.15) is 19.3 Å². The third-order valence-electron chi connectivity index (χ3n) is 1.97. The molecule has 0 saturated carbocycles. The first-order valence-electron chi connectivity index (χ1n) is 3.60. The molecule has 1 aliphatic heterocycles. The highest BCUT2D eigenvalue weighted by molar-refractivity contribution is 5.36. The van der Waals surface area contributed by atoms with Gasteiger partial charge in [-0.15, -0.1) is 0 Å². The monoisotopic (exact) mass is 121 g/mol. The Morgan fingerprint density at radius 3 is 3.22 bits per heavy atom. The van der Waals surface area contributed by atoms with Gasteiger partial charge in [0.05, 0.1) is 0 Å². The van der Waals surface area contributed by atoms with Crippen LogP contribution in [0.2, 0.25) is 0 Å². The summed E-state index contributed by atoms with van der Waals surface area (Å²) in [4.78, 5) is 0. The molecule has 48 valence electrons. The van der Waals surface area contributed by atoms with E-state index in [2.05, 4.69) is 17.5 Å². The van der Waals surface area contributed by atoms with E-state index in [1.54, 1.807) is 5.57 Å². The Morgan fingerprint density at radius 2 is 2.33 bits per heavy atom. The van der Waals surface area contributed by atoms with Crippen molar-refractivity contribution in [1.82, 2.24) is 5.32 Å². The van der Waals surface area contributed by atoms with E-state index in [0.717, 1.165) is 6.42 Å². The molecule has 0 bridgehead atoms. The van der Waals surface area contributed by atoms with Crippen LogP contribution >= 0.6 is 0 Å². The summed E-state index contributed by atoms with van der Waals surface area (Å²) in [5.41, 5.74) is 2.95. The van der Waals surface area contributed by atoms with Crippen LogP contribution in [-0.2, 0) is 0 Å². The maximum atomic E-state index is 3.37. The fraction of sp³-hybridized carbons (Fsp3) is 0.500. The number of hydrogen-bond acceptors (Lipinski definition) is 1. The lowest BCUT2D eigenvalue weighted by Crippen LogP contribution is -2.20. The predicted octanol–water partition coefficient (Wildman–Crippen LogP) is 1.58. The van der Waals surface area contributed by atoms with Gasteiger partial charge in [0.1, 0.15) is 0 Å². The van der Waals surface area contributed by atoms with E-state index in [0.29, 0.717) is 0 Å². The minimum Gasteiger partial charge on any atom is -0.385 e. The summed E-state index contributed by atoms with van der Waals surface area (Å²) in [6.07, 6.45) is 8.34. The average Bonchev–Trinajstić information content (AvgIpc) is 2.33. The van der Waals surface area contributed by atoms with Gasteiger partial charge in [-0.3, -0.25) is 0 Å². The zero-order valence-electron chi connectivity index (χ0n) is 5.48. The lowest BCUT2D eigenvalue weighted by molar-refractivity contribution is 0.673. The lowest BCUT2D eigenvalue weighted by Gasteiger charge is -2.16. The van der Waals surface area contributed by atoms with Crippen LogP contribution in [0.4, 0.5) is 0 Å². The largest absolute Gasteiger partial charge is 0.385 e. The van der Waals surface area contributed by atoms with Gasteiger partial charge in [0.2, 0.25) is 0 Å². The van der Waals surface area contributed by atoms with E-state index >= 15 is 0 Å². The van der Waals surface area contributed by atoms with E-state index in [-0.39, 0.29) is 0 Å². The second-order valence-corrected chi connectivity index (χ2v) is 2.61. The van der Waals surface area contributed by atoms with Gasteiger partial charge in [0.25, 0.3) is 0 Å². The van der Waals surface area contributed by atoms with E-state index in [9.17, 15) is 0 Å². The summed E-state index contributed by atoms with van der Waals surface area (Å²) >= 11 is 0. The van der Waals surface area contributed by atoms with Crippen LogP contribution in [0.25, 0.3) is 0 Å². The molecule has 2 aliphatic rings. The Labute approximate surface area is 55.5 Å². The van der Waals surface area contributed by atoms with Gasteiger partial charge in [-0.05, 0) is 24.8 Å². The molecule has 0 atom stereocenters. The molecule has 1 fully saturated rings. The quantitative estimate of drug-likeness (QED) is 0.513. The smallest absolute Gasteiger partial charge is 0.0332 e. The first kappa shape index (κ1) is 5.10. The molecule has 1 nitrogen and oxygen atoms in total. The number of fused-ring (bicyclic) bond motifs is 1. The number of hydrogen-bond donors (Lipinski definition) is 1. The summed E-state index contributed by atoms with van der Waals surface area (Å²) in [7, 11) is 0. The number of allylic oxidation sites excluding steroid dienone is 3. The zero-order chi connectivity index (χ0) is 6.10. The van der Waals surface area contributed by atoms with Crippen molar-refractivity contribution in [3.05, 3.63) is 23.4 Å². The van der Waals surface area contributed by atoms with Crippen LogP contribution in [0.5, 0.6) is 0 Å². The zero-order valence-corrected chi connectivity index (χ0v) is 5.48. The minimum atomic E-state index is 1.15. The molecule has 1 aliphatic carbocycles. The molecule has 0 unspecified atom stereocenters. The molecule has 0 radical (unpaired) electrons. The molecular weight excluding hydrogens is 110 g/mol. The van der Waals surface area contributed by atoms with Gasteiger partial charge in [-0.2, -0.15) is 0 Å². The molecule has 0 spiro atoms. The van der Waals surface area contributed by atoms with Crippen LogP contribution in [0.3, 0.4) is 0 Å². The fourth-order valence-corrected chi connectivity index (χ4v) is 1.48. The molecule has 0 aromatic rings. The lowest BCUT2D eigenvalue weighted by atomic mass is 10.1. The Balaban J connectivity index is 2.22. The van der Waals surface area contributed by atoms with Crippen molar-refractivity contribution in [1.29, 1.82) is 0 Å². The van der Waals surface area contributed by atoms with E-state index in [4.69, 9.17) is 0 Å². The van der Waals surface area contributed by atoms with Gasteiger partial charge in [0, 0.05) is 12.2 Å². The molecule has 1 heterocycles. The molecule has 2 rings (SSSR count). The van der Waals surface area contributed by atoms with Crippen molar-refractivity contribution in [2.24, 2.45) is 0 Å². The Bertz CT molecular complexity index is 157. The maximum Gasteiger partial charge on any atom is 0.0332 e. The fourth-order valence-electron chi connectivity index (χ4n) is 1.48. The second-order valence-electron chi connectivity index (χ2n) is 2.61. The Hall–Kier alpha value is -0.720. The van der Waals surface area contributed by atoms with Gasteiger partial charge >= 0.3 is 0 Å². The van der Waals surface area contributed by atoms with E-state index in [1.165, 1.54) is 25.1 Å². The molecule has 0 amide bonds.